The molecule has 0 amide bonds. The number of rotatable bonds is 7. The Hall–Kier alpha value is -1.43. The van der Waals surface area contributed by atoms with Crippen molar-refractivity contribution in [2.24, 2.45) is 11.8 Å². The Morgan fingerprint density at radius 2 is 1.69 bits per heavy atom. The molecule has 1 saturated carbocycles. The van der Waals surface area contributed by atoms with E-state index in [-0.39, 0.29) is 6.10 Å². The molecule has 192 valence electrons. The fraction of sp³-hybridized carbons (Fsp3) is 0.600. The molecule has 3 fully saturated rings. The zero-order valence-corrected chi connectivity index (χ0v) is 22.9. The van der Waals surface area contributed by atoms with Gasteiger partial charge in [-0.1, -0.05) is 13.0 Å². The number of hydrogen-bond acceptors (Lipinski definition) is 8. The summed E-state index contributed by atoms with van der Waals surface area (Å²) in [5, 5.41) is 0. The van der Waals surface area contributed by atoms with Crippen LogP contribution in [0.25, 0.3) is 0 Å². The Morgan fingerprint density at radius 1 is 1.03 bits per heavy atom. The van der Waals surface area contributed by atoms with E-state index in [1.165, 1.54) is 17.4 Å². The lowest BCUT2D eigenvalue weighted by Gasteiger charge is -2.44. The summed E-state index contributed by atoms with van der Waals surface area (Å²) in [6.07, 6.45) is 8.76. The summed E-state index contributed by atoms with van der Waals surface area (Å²) in [4.78, 5) is 13.8. The van der Waals surface area contributed by atoms with Crippen molar-refractivity contribution in [2.75, 3.05) is 50.4 Å². The third-order valence-electron chi connectivity index (χ3n) is 7.61. The van der Waals surface area contributed by atoms with Gasteiger partial charge in [0.2, 0.25) is 5.95 Å². The smallest absolute Gasteiger partial charge is 0.225 e. The van der Waals surface area contributed by atoms with E-state index in [0.717, 1.165) is 68.2 Å². The van der Waals surface area contributed by atoms with Crippen LogP contribution in [-0.2, 0) is 13.0 Å². The molecule has 2 aliphatic heterocycles. The molecule has 2 saturated heterocycles. The second-order valence-electron chi connectivity index (χ2n) is 10.1. The minimum absolute atomic E-state index is 0.250. The molecule has 2 unspecified atom stereocenters. The van der Waals surface area contributed by atoms with Crippen molar-refractivity contribution in [1.82, 2.24) is 19.2 Å². The van der Waals surface area contributed by atoms with E-state index in [2.05, 4.69) is 60.8 Å². The number of anilines is 1. The van der Waals surface area contributed by atoms with Gasteiger partial charge in [-0.15, -0.1) is 10.8 Å². The van der Waals surface area contributed by atoms with Crippen molar-refractivity contribution >= 4 is 32.7 Å². The summed E-state index contributed by atoms with van der Waals surface area (Å²) >= 11 is 3.73. The highest BCUT2D eigenvalue weighted by atomic mass is 79.9. The topological polar surface area (TPSA) is 85.2 Å². The quantitative estimate of drug-likeness (QED) is 0.507. The molecule has 5 rings (SSSR count). The van der Waals surface area contributed by atoms with Crippen molar-refractivity contribution in [3.05, 3.63) is 46.2 Å². The maximum atomic E-state index is 9.86. The van der Waals surface area contributed by atoms with Crippen molar-refractivity contribution in [2.45, 2.75) is 38.8 Å². The predicted molar refractivity (Wildman–Crippen MR) is 144 cm³/mol. The van der Waals surface area contributed by atoms with Crippen LogP contribution >= 0.6 is 26.7 Å². The SMILES string of the molecule is CCc1cnc(N2CC3CC(Oc4ccc(CN5CCN(S(C)(O)O)CC5)cc4Br)CC3C2)nc1. The molecule has 35 heavy (non-hydrogen) atoms. The summed E-state index contributed by atoms with van der Waals surface area (Å²) in [5.74, 6) is 3.04. The maximum Gasteiger partial charge on any atom is 0.225 e. The largest absolute Gasteiger partial charge is 0.489 e. The van der Waals surface area contributed by atoms with Gasteiger partial charge in [-0.05, 0) is 70.3 Å². The number of fused-ring (bicyclic) bond motifs is 1. The predicted octanol–water partition coefficient (Wildman–Crippen LogP) is 4.51. The molecule has 1 aromatic carbocycles. The average molecular weight is 567 g/mol. The van der Waals surface area contributed by atoms with Gasteiger partial charge in [0.1, 0.15) is 5.75 Å². The monoisotopic (exact) mass is 565 g/mol. The summed E-state index contributed by atoms with van der Waals surface area (Å²) in [6.45, 7) is 8.01. The fourth-order valence-corrected chi connectivity index (χ4v) is 6.98. The van der Waals surface area contributed by atoms with Crippen molar-refractivity contribution in [3.63, 3.8) is 0 Å². The van der Waals surface area contributed by atoms with Crippen molar-refractivity contribution in [1.29, 1.82) is 0 Å². The summed E-state index contributed by atoms with van der Waals surface area (Å²) in [5.41, 5.74) is 2.41. The third kappa shape index (κ3) is 5.94. The molecule has 0 bridgehead atoms. The number of hydrogen-bond donors (Lipinski definition) is 2. The molecular weight excluding hydrogens is 530 g/mol. The van der Waals surface area contributed by atoms with Crippen molar-refractivity contribution in [3.8, 4) is 5.75 Å². The van der Waals surface area contributed by atoms with E-state index in [1.54, 1.807) is 4.31 Å². The maximum absolute atomic E-state index is 9.86. The van der Waals surface area contributed by atoms with Crippen LogP contribution in [0.5, 0.6) is 5.75 Å². The van der Waals surface area contributed by atoms with Crippen LogP contribution in [0.4, 0.5) is 5.95 Å². The first-order valence-corrected chi connectivity index (χ1v) is 15.2. The normalized spacial score (nSPS) is 26.2. The Kier molecular flexibility index (Phi) is 7.58. The summed E-state index contributed by atoms with van der Waals surface area (Å²) in [7, 11) is -2.60. The molecule has 10 heteroatoms. The minimum atomic E-state index is -2.60. The number of aromatic nitrogens is 2. The zero-order valence-electron chi connectivity index (χ0n) is 20.5. The van der Waals surface area contributed by atoms with Crippen LogP contribution in [0.1, 0.15) is 30.9 Å². The number of nitrogens with zero attached hydrogens (tertiary/aromatic N) is 5. The van der Waals surface area contributed by atoms with Gasteiger partial charge >= 0.3 is 0 Å². The third-order valence-corrected chi connectivity index (χ3v) is 9.57. The van der Waals surface area contributed by atoms with Gasteiger partial charge in [0.25, 0.3) is 0 Å². The van der Waals surface area contributed by atoms with Crippen LogP contribution in [0.15, 0.2) is 35.1 Å². The zero-order chi connectivity index (χ0) is 24.6. The van der Waals surface area contributed by atoms with E-state index in [0.29, 0.717) is 24.9 Å². The molecule has 3 heterocycles. The van der Waals surface area contributed by atoms with Crippen LogP contribution in [0.2, 0.25) is 0 Å². The molecule has 1 aromatic heterocycles. The second kappa shape index (κ2) is 10.5. The Balaban J connectivity index is 1.11. The van der Waals surface area contributed by atoms with E-state index in [9.17, 15) is 9.11 Å². The van der Waals surface area contributed by atoms with Gasteiger partial charge in [0.15, 0.2) is 0 Å². The molecule has 3 aliphatic rings. The van der Waals surface area contributed by atoms with Gasteiger partial charge in [-0.25, -0.2) is 14.3 Å². The van der Waals surface area contributed by atoms with Crippen LogP contribution in [-0.4, -0.2) is 79.9 Å². The summed E-state index contributed by atoms with van der Waals surface area (Å²) < 4.78 is 28.9. The molecule has 0 radical (unpaired) electrons. The Bertz CT molecular complexity index is 999. The standard InChI is InChI=1S/C25H36BrN5O3S/c1-3-18-13-27-25(28-14-18)30-16-20-11-22(12-21(20)17-30)34-24-5-4-19(10-23(24)26)15-29-6-8-31(9-7-29)35(2,32)33/h4-5,10,13-14,20-22,32-33H,3,6-9,11-12,15-17H2,1-2H3. The number of benzene rings is 1. The Morgan fingerprint density at radius 3 is 2.26 bits per heavy atom. The van der Waals surface area contributed by atoms with E-state index < -0.39 is 10.8 Å². The van der Waals surface area contributed by atoms with E-state index in [1.807, 2.05) is 12.4 Å². The number of aryl methyl sites for hydroxylation is 1. The number of halogens is 1. The minimum Gasteiger partial charge on any atom is -0.489 e. The van der Waals surface area contributed by atoms with Gasteiger partial charge in [-0.2, -0.15) is 0 Å². The van der Waals surface area contributed by atoms with Gasteiger partial charge in [-0.3, -0.25) is 14.0 Å². The molecule has 2 N–H and O–H groups in total. The van der Waals surface area contributed by atoms with Gasteiger partial charge < -0.3 is 9.64 Å². The van der Waals surface area contributed by atoms with Gasteiger partial charge in [0, 0.05) is 64.5 Å². The average Bonchev–Trinajstić information content (AvgIpc) is 3.39. The van der Waals surface area contributed by atoms with Crippen LogP contribution in [0, 0.1) is 11.8 Å². The fourth-order valence-electron chi connectivity index (χ4n) is 5.61. The molecule has 0 spiro atoms. The molecule has 1 aliphatic carbocycles. The Labute approximate surface area is 218 Å². The van der Waals surface area contributed by atoms with E-state index in [4.69, 9.17) is 4.74 Å². The molecular formula is C25H36BrN5O3S. The molecule has 2 atom stereocenters. The van der Waals surface area contributed by atoms with E-state index >= 15 is 0 Å². The second-order valence-corrected chi connectivity index (χ2v) is 13.1. The van der Waals surface area contributed by atoms with Gasteiger partial charge in [0.05, 0.1) is 10.6 Å². The van der Waals surface area contributed by atoms with Crippen molar-refractivity contribution < 1.29 is 13.8 Å². The lowest BCUT2D eigenvalue weighted by Crippen LogP contribution is -2.46. The molecule has 8 nitrogen and oxygen atoms in total. The lowest BCUT2D eigenvalue weighted by molar-refractivity contribution is 0.173. The highest BCUT2D eigenvalue weighted by Gasteiger charge is 2.42. The number of ether oxygens (including phenoxy) is 1. The molecule has 2 aromatic rings. The first-order valence-electron chi connectivity index (χ1n) is 12.5. The lowest BCUT2D eigenvalue weighted by atomic mass is 10.0. The van der Waals surface area contributed by atoms with Crippen LogP contribution in [0.3, 0.4) is 0 Å². The highest BCUT2D eigenvalue weighted by molar-refractivity contribution is 9.10. The highest BCUT2D eigenvalue weighted by Crippen LogP contribution is 2.42. The first kappa shape index (κ1) is 25.2. The number of piperazine rings is 1. The summed E-state index contributed by atoms with van der Waals surface area (Å²) in [6, 6.07) is 6.39. The first-order chi connectivity index (χ1) is 16.8. The van der Waals surface area contributed by atoms with Crippen LogP contribution < -0.4 is 9.64 Å².